The van der Waals surface area contributed by atoms with Crippen molar-refractivity contribution in [1.29, 1.82) is 0 Å². The molecule has 1 fully saturated rings. The molecule has 0 bridgehead atoms. The molecule has 8 heteroatoms. The molecule has 0 radical (unpaired) electrons. The Kier molecular flexibility index (Phi) is 5.35. The summed E-state index contributed by atoms with van der Waals surface area (Å²) < 4.78 is 16.5. The van der Waals surface area contributed by atoms with E-state index in [1.807, 2.05) is 30.3 Å². The maximum absolute atomic E-state index is 12.8. The van der Waals surface area contributed by atoms with Gasteiger partial charge in [0.2, 0.25) is 6.29 Å². The molecular weight excluding hydrogens is 380 g/mol. The van der Waals surface area contributed by atoms with Gasteiger partial charge in [0.05, 0.1) is 17.6 Å². The first-order valence-electron chi connectivity index (χ1n) is 9.07. The first-order chi connectivity index (χ1) is 14.0. The monoisotopic (exact) mass is 400 g/mol. The van der Waals surface area contributed by atoms with Gasteiger partial charge in [-0.25, -0.2) is 0 Å². The molecule has 0 saturated carbocycles. The van der Waals surface area contributed by atoms with E-state index in [0.717, 1.165) is 5.56 Å². The highest BCUT2D eigenvalue weighted by atomic mass is 16.7. The molecule has 2 heterocycles. The zero-order valence-electron chi connectivity index (χ0n) is 15.2. The first-order valence-corrected chi connectivity index (χ1v) is 9.07. The molecule has 1 aliphatic heterocycles. The fourth-order valence-corrected chi connectivity index (χ4v) is 3.30. The van der Waals surface area contributed by atoms with Crippen LogP contribution in [-0.2, 0) is 4.74 Å². The standard InChI is InChI=1S/C21H20O8/c22-9-16-18(24)19(25)20(26)21(29-16)28-12-6-7-13-15(8-12)27-10-14(17(13)23)11-4-2-1-3-5-11/h1-8,10,16,18-22,24-26H,9H2/t16-,18+,19+,20+,21+/m0/s1. The van der Waals surface area contributed by atoms with Crippen molar-refractivity contribution < 1.29 is 34.3 Å². The molecule has 1 aromatic heterocycles. The predicted molar refractivity (Wildman–Crippen MR) is 102 cm³/mol. The number of hydrogen-bond donors (Lipinski definition) is 4. The van der Waals surface area contributed by atoms with Crippen molar-refractivity contribution in [2.24, 2.45) is 0 Å². The van der Waals surface area contributed by atoms with Crippen LogP contribution in [0.5, 0.6) is 5.75 Å². The van der Waals surface area contributed by atoms with Crippen LogP contribution in [0.25, 0.3) is 22.1 Å². The Hall–Kier alpha value is -2.75. The summed E-state index contributed by atoms with van der Waals surface area (Å²) in [6.45, 7) is -0.556. The molecule has 152 valence electrons. The average Bonchev–Trinajstić information content (AvgIpc) is 2.75. The molecule has 8 nitrogen and oxygen atoms in total. The lowest BCUT2D eigenvalue weighted by molar-refractivity contribution is -0.277. The molecule has 5 atom stereocenters. The zero-order chi connectivity index (χ0) is 20.5. The molecule has 0 spiro atoms. The summed E-state index contributed by atoms with van der Waals surface area (Å²) in [7, 11) is 0. The van der Waals surface area contributed by atoms with Crippen LogP contribution in [0.4, 0.5) is 0 Å². The Morgan fingerprint density at radius 3 is 2.45 bits per heavy atom. The number of aliphatic hydroxyl groups excluding tert-OH is 4. The lowest BCUT2D eigenvalue weighted by atomic mass is 9.99. The second-order valence-corrected chi connectivity index (χ2v) is 6.82. The van der Waals surface area contributed by atoms with Gasteiger partial charge in [0.15, 0.2) is 5.43 Å². The smallest absolute Gasteiger partial charge is 0.229 e. The van der Waals surface area contributed by atoms with Gasteiger partial charge in [-0.2, -0.15) is 0 Å². The third kappa shape index (κ3) is 3.64. The van der Waals surface area contributed by atoms with E-state index in [4.69, 9.17) is 13.9 Å². The second-order valence-electron chi connectivity index (χ2n) is 6.82. The molecule has 4 rings (SSSR count). The van der Waals surface area contributed by atoms with Crippen molar-refractivity contribution in [3.63, 3.8) is 0 Å². The van der Waals surface area contributed by atoms with Crippen LogP contribution in [0.3, 0.4) is 0 Å². The maximum atomic E-state index is 12.8. The summed E-state index contributed by atoms with van der Waals surface area (Å²) in [4.78, 5) is 12.8. The second kappa shape index (κ2) is 7.94. The Balaban J connectivity index is 1.62. The molecule has 4 N–H and O–H groups in total. The fourth-order valence-electron chi connectivity index (χ4n) is 3.30. The summed E-state index contributed by atoms with van der Waals surface area (Å²) in [5.41, 5.74) is 1.25. The third-order valence-electron chi connectivity index (χ3n) is 4.93. The molecule has 2 aromatic carbocycles. The molecular formula is C21H20O8. The number of aliphatic hydroxyl groups is 4. The Morgan fingerprint density at radius 2 is 1.72 bits per heavy atom. The summed E-state index contributed by atoms with van der Waals surface area (Å²) in [6.07, 6.45) is -5.57. The largest absolute Gasteiger partial charge is 0.463 e. The summed E-state index contributed by atoms with van der Waals surface area (Å²) in [5.74, 6) is 0.220. The normalized spacial score (nSPS) is 27.1. The molecule has 0 aliphatic carbocycles. The first kappa shape index (κ1) is 19.6. The van der Waals surface area contributed by atoms with Crippen LogP contribution in [-0.4, -0.2) is 57.7 Å². The highest BCUT2D eigenvalue weighted by Crippen LogP contribution is 2.27. The van der Waals surface area contributed by atoms with Crippen LogP contribution in [0.15, 0.2) is 64.0 Å². The van der Waals surface area contributed by atoms with Crippen LogP contribution in [0.1, 0.15) is 0 Å². The van der Waals surface area contributed by atoms with Crippen LogP contribution in [0, 0.1) is 0 Å². The van der Waals surface area contributed by atoms with E-state index in [-0.39, 0.29) is 16.8 Å². The van der Waals surface area contributed by atoms with Crippen LogP contribution >= 0.6 is 0 Å². The van der Waals surface area contributed by atoms with Gasteiger partial charge < -0.3 is 34.3 Å². The number of rotatable bonds is 4. The van der Waals surface area contributed by atoms with E-state index in [9.17, 15) is 25.2 Å². The quantitative estimate of drug-likeness (QED) is 0.502. The van der Waals surface area contributed by atoms with Crippen molar-refractivity contribution >= 4 is 11.0 Å². The molecule has 3 aromatic rings. The topological polar surface area (TPSA) is 130 Å². The van der Waals surface area contributed by atoms with Gasteiger partial charge in [0.25, 0.3) is 0 Å². The molecule has 1 aliphatic rings. The summed E-state index contributed by atoms with van der Waals surface area (Å²) in [6, 6.07) is 13.7. The van der Waals surface area contributed by atoms with Gasteiger partial charge in [-0.3, -0.25) is 4.79 Å². The predicted octanol–water partition coefficient (Wildman–Crippen LogP) is 0.639. The highest BCUT2D eigenvalue weighted by Gasteiger charge is 2.44. The minimum absolute atomic E-state index is 0.197. The molecule has 0 amide bonds. The van der Waals surface area contributed by atoms with Crippen LogP contribution in [0.2, 0.25) is 0 Å². The van der Waals surface area contributed by atoms with Crippen molar-refractivity contribution in [3.8, 4) is 16.9 Å². The lowest BCUT2D eigenvalue weighted by Gasteiger charge is -2.39. The van der Waals surface area contributed by atoms with E-state index >= 15 is 0 Å². The Morgan fingerprint density at radius 1 is 0.966 bits per heavy atom. The van der Waals surface area contributed by atoms with E-state index < -0.39 is 37.3 Å². The lowest BCUT2D eigenvalue weighted by Crippen LogP contribution is -2.60. The van der Waals surface area contributed by atoms with E-state index in [0.29, 0.717) is 10.9 Å². The van der Waals surface area contributed by atoms with Gasteiger partial charge in [-0.1, -0.05) is 30.3 Å². The van der Waals surface area contributed by atoms with Crippen LogP contribution < -0.4 is 10.2 Å². The Labute approximate surface area is 165 Å². The van der Waals surface area contributed by atoms with Gasteiger partial charge in [-0.05, 0) is 17.7 Å². The van der Waals surface area contributed by atoms with E-state index in [2.05, 4.69) is 0 Å². The van der Waals surface area contributed by atoms with Crippen molar-refractivity contribution in [2.75, 3.05) is 6.61 Å². The summed E-state index contributed by atoms with van der Waals surface area (Å²) in [5, 5.41) is 39.4. The molecule has 0 unspecified atom stereocenters. The fraction of sp³-hybridized carbons (Fsp3) is 0.286. The number of hydrogen-bond acceptors (Lipinski definition) is 8. The minimum atomic E-state index is -1.54. The van der Waals surface area contributed by atoms with Gasteiger partial charge in [0.1, 0.15) is 42.0 Å². The van der Waals surface area contributed by atoms with Crippen molar-refractivity contribution in [1.82, 2.24) is 0 Å². The van der Waals surface area contributed by atoms with Crippen molar-refractivity contribution in [3.05, 3.63) is 65.0 Å². The SMILES string of the molecule is O=c1c(-c2ccccc2)coc2cc(O[C@@H]3O[C@@H](CO)[C@@H](O)[C@@H](O)[C@H]3O)ccc12. The maximum Gasteiger partial charge on any atom is 0.229 e. The van der Waals surface area contributed by atoms with Gasteiger partial charge in [0, 0.05) is 6.07 Å². The number of ether oxygens (including phenoxy) is 2. The number of benzene rings is 2. The molecule has 29 heavy (non-hydrogen) atoms. The highest BCUT2D eigenvalue weighted by molar-refractivity contribution is 5.82. The van der Waals surface area contributed by atoms with Gasteiger partial charge in [-0.15, -0.1) is 0 Å². The van der Waals surface area contributed by atoms with Crippen molar-refractivity contribution in [2.45, 2.75) is 30.7 Å². The Bertz CT molecular complexity index is 1050. The average molecular weight is 400 g/mol. The molecule has 1 saturated heterocycles. The van der Waals surface area contributed by atoms with E-state index in [1.54, 1.807) is 0 Å². The third-order valence-corrected chi connectivity index (χ3v) is 4.93. The zero-order valence-corrected chi connectivity index (χ0v) is 15.2. The minimum Gasteiger partial charge on any atom is -0.463 e. The summed E-state index contributed by atoms with van der Waals surface area (Å²) >= 11 is 0. The number of fused-ring (bicyclic) bond motifs is 1. The van der Waals surface area contributed by atoms with E-state index in [1.165, 1.54) is 24.5 Å². The van der Waals surface area contributed by atoms with Gasteiger partial charge >= 0.3 is 0 Å².